The van der Waals surface area contributed by atoms with Crippen LogP contribution in [0.15, 0.2) is 53.0 Å². The number of hydrogen-bond acceptors (Lipinski definition) is 1. The fourth-order valence-corrected chi connectivity index (χ4v) is 3.05. The highest BCUT2D eigenvalue weighted by Gasteiger charge is 2.16. The molecule has 2 aromatic rings. The minimum Gasteiger partial charge on any atom is -0.313 e. The van der Waals surface area contributed by atoms with Crippen molar-refractivity contribution in [3.63, 3.8) is 0 Å². The molecule has 106 valence electrons. The van der Waals surface area contributed by atoms with Crippen LogP contribution in [0.25, 0.3) is 0 Å². The summed E-state index contributed by atoms with van der Waals surface area (Å²) in [6.07, 6.45) is 2.95. The van der Waals surface area contributed by atoms with Crippen LogP contribution in [-0.4, -0.2) is 7.05 Å². The Labute approximate surface area is 128 Å². The van der Waals surface area contributed by atoms with Crippen LogP contribution >= 0.6 is 15.9 Å². The average molecular weight is 336 g/mol. The predicted octanol–water partition coefficient (Wildman–Crippen LogP) is 4.87. The van der Waals surface area contributed by atoms with Gasteiger partial charge in [0.25, 0.3) is 0 Å². The van der Waals surface area contributed by atoms with Gasteiger partial charge in [0.05, 0.1) is 0 Å². The van der Waals surface area contributed by atoms with E-state index in [2.05, 4.69) is 45.5 Å². The van der Waals surface area contributed by atoms with Crippen molar-refractivity contribution in [2.45, 2.75) is 25.3 Å². The summed E-state index contributed by atoms with van der Waals surface area (Å²) in [6.45, 7) is 0. The molecule has 0 aliphatic rings. The van der Waals surface area contributed by atoms with Crippen LogP contribution in [0.1, 0.15) is 30.0 Å². The number of rotatable bonds is 6. The van der Waals surface area contributed by atoms with E-state index in [4.69, 9.17) is 0 Å². The summed E-state index contributed by atoms with van der Waals surface area (Å²) in [5.74, 6) is -0.154. The molecule has 0 aromatic heterocycles. The van der Waals surface area contributed by atoms with Crippen LogP contribution < -0.4 is 5.32 Å². The summed E-state index contributed by atoms with van der Waals surface area (Å²) in [4.78, 5) is 0. The average Bonchev–Trinajstić information content (AvgIpc) is 2.46. The zero-order valence-corrected chi connectivity index (χ0v) is 13.2. The molecule has 0 saturated carbocycles. The first-order chi connectivity index (χ1) is 9.72. The van der Waals surface area contributed by atoms with Crippen LogP contribution in [0.3, 0.4) is 0 Å². The van der Waals surface area contributed by atoms with Crippen LogP contribution in [-0.2, 0) is 6.42 Å². The van der Waals surface area contributed by atoms with E-state index in [1.165, 1.54) is 11.6 Å². The molecular formula is C17H19BrFN. The highest BCUT2D eigenvalue weighted by Crippen LogP contribution is 2.29. The van der Waals surface area contributed by atoms with Gasteiger partial charge in [-0.05, 0) is 44.0 Å². The van der Waals surface area contributed by atoms with Crippen molar-refractivity contribution in [1.29, 1.82) is 0 Å². The standard InChI is InChI=1S/C17H19BrFN/c1-20-16(17-14(18)10-6-11-15(17)19)12-5-9-13-7-3-2-4-8-13/h2-4,6-8,10-11,16,20H,5,9,12H2,1H3. The van der Waals surface area contributed by atoms with Gasteiger partial charge in [0.15, 0.2) is 0 Å². The molecule has 0 spiro atoms. The first kappa shape index (κ1) is 15.2. The molecule has 0 aliphatic heterocycles. The molecule has 0 bridgehead atoms. The van der Waals surface area contributed by atoms with Crippen molar-refractivity contribution in [2.75, 3.05) is 7.05 Å². The number of halogens is 2. The first-order valence-corrected chi connectivity index (χ1v) is 7.66. The summed E-state index contributed by atoms with van der Waals surface area (Å²) in [6, 6.07) is 15.6. The second kappa shape index (κ2) is 7.55. The molecule has 1 nitrogen and oxygen atoms in total. The third kappa shape index (κ3) is 3.90. The zero-order valence-electron chi connectivity index (χ0n) is 11.6. The molecular weight excluding hydrogens is 317 g/mol. The lowest BCUT2D eigenvalue weighted by molar-refractivity contribution is 0.492. The lowest BCUT2D eigenvalue weighted by Gasteiger charge is -2.19. The van der Waals surface area contributed by atoms with Crippen LogP contribution in [0.5, 0.6) is 0 Å². The third-order valence-electron chi connectivity index (χ3n) is 3.50. The Morgan fingerprint density at radius 2 is 1.85 bits per heavy atom. The monoisotopic (exact) mass is 335 g/mol. The van der Waals surface area contributed by atoms with Crippen molar-refractivity contribution in [3.05, 3.63) is 69.9 Å². The maximum atomic E-state index is 14.0. The van der Waals surface area contributed by atoms with Gasteiger partial charge in [-0.1, -0.05) is 52.3 Å². The number of nitrogens with one attached hydrogen (secondary N) is 1. The molecule has 0 heterocycles. The summed E-state index contributed by atoms with van der Waals surface area (Å²) in [5.41, 5.74) is 2.05. The predicted molar refractivity (Wildman–Crippen MR) is 85.3 cm³/mol. The smallest absolute Gasteiger partial charge is 0.129 e. The second-order valence-corrected chi connectivity index (χ2v) is 5.71. The minimum absolute atomic E-state index is 0.0364. The summed E-state index contributed by atoms with van der Waals surface area (Å²) >= 11 is 3.45. The minimum atomic E-state index is -0.154. The summed E-state index contributed by atoms with van der Waals surface area (Å²) < 4.78 is 14.8. The molecule has 1 unspecified atom stereocenters. The maximum absolute atomic E-state index is 14.0. The number of hydrogen-bond donors (Lipinski definition) is 1. The lowest BCUT2D eigenvalue weighted by Crippen LogP contribution is -2.18. The Kier molecular flexibility index (Phi) is 5.74. The van der Waals surface area contributed by atoms with E-state index in [-0.39, 0.29) is 11.9 Å². The van der Waals surface area contributed by atoms with Crippen molar-refractivity contribution >= 4 is 15.9 Å². The summed E-state index contributed by atoms with van der Waals surface area (Å²) in [5, 5.41) is 3.22. The molecule has 1 N–H and O–H groups in total. The largest absolute Gasteiger partial charge is 0.313 e. The number of aryl methyl sites for hydroxylation is 1. The molecule has 0 amide bonds. The topological polar surface area (TPSA) is 12.0 Å². The molecule has 0 aliphatic carbocycles. The van der Waals surface area contributed by atoms with Gasteiger partial charge in [-0.15, -0.1) is 0 Å². The Morgan fingerprint density at radius 1 is 1.10 bits per heavy atom. The Balaban J connectivity index is 1.99. The normalized spacial score (nSPS) is 12.3. The zero-order chi connectivity index (χ0) is 14.4. The van der Waals surface area contributed by atoms with Crippen LogP contribution in [0.2, 0.25) is 0 Å². The Hall–Kier alpha value is -1.19. The quantitative estimate of drug-likeness (QED) is 0.793. The van der Waals surface area contributed by atoms with Crippen molar-refractivity contribution in [1.82, 2.24) is 5.32 Å². The van der Waals surface area contributed by atoms with Gasteiger partial charge in [-0.3, -0.25) is 0 Å². The number of benzene rings is 2. The molecule has 2 aromatic carbocycles. The van der Waals surface area contributed by atoms with Gasteiger partial charge in [0.2, 0.25) is 0 Å². The van der Waals surface area contributed by atoms with Gasteiger partial charge in [0.1, 0.15) is 5.82 Å². The summed E-state index contributed by atoms with van der Waals surface area (Å²) in [7, 11) is 1.88. The molecule has 0 saturated heterocycles. The van der Waals surface area contributed by atoms with Crippen molar-refractivity contribution in [3.8, 4) is 0 Å². The molecule has 0 radical (unpaired) electrons. The fourth-order valence-electron chi connectivity index (χ4n) is 2.43. The van der Waals surface area contributed by atoms with Gasteiger partial charge in [-0.2, -0.15) is 0 Å². The van der Waals surface area contributed by atoms with Crippen LogP contribution in [0.4, 0.5) is 4.39 Å². The SMILES string of the molecule is CNC(CCCc1ccccc1)c1c(F)cccc1Br. The van der Waals surface area contributed by atoms with E-state index in [0.29, 0.717) is 0 Å². The van der Waals surface area contributed by atoms with Crippen molar-refractivity contribution in [2.24, 2.45) is 0 Å². The van der Waals surface area contributed by atoms with E-state index < -0.39 is 0 Å². The molecule has 1 atom stereocenters. The van der Waals surface area contributed by atoms with Gasteiger partial charge in [0, 0.05) is 16.1 Å². The van der Waals surface area contributed by atoms with E-state index in [0.717, 1.165) is 29.3 Å². The maximum Gasteiger partial charge on any atom is 0.129 e. The van der Waals surface area contributed by atoms with E-state index in [9.17, 15) is 4.39 Å². The van der Waals surface area contributed by atoms with Gasteiger partial charge < -0.3 is 5.32 Å². The first-order valence-electron chi connectivity index (χ1n) is 6.87. The van der Waals surface area contributed by atoms with Gasteiger partial charge >= 0.3 is 0 Å². The molecule has 0 fully saturated rings. The van der Waals surface area contributed by atoms with Gasteiger partial charge in [-0.25, -0.2) is 4.39 Å². The van der Waals surface area contributed by atoms with E-state index >= 15 is 0 Å². The Morgan fingerprint density at radius 3 is 2.50 bits per heavy atom. The molecule has 3 heteroatoms. The molecule has 20 heavy (non-hydrogen) atoms. The van der Waals surface area contributed by atoms with Crippen molar-refractivity contribution < 1.29 is 4.39 Å². The molecule has 2 rings (SSSR count). The third-order valence-corrected chi connectivity index (χ3v) is 4.19. The van der Waals surface area contributed by atoms with E-state index in [1.54, 1.807) is 6.07 Å². The fraction of sp³-hybridized carbons (Fsp3) is 0.294. The highest BCUT2D eigenvalue weighted by molar-refractivity contribution is 9.10. The second-order valence-electron chi connectivity index (χ2n) is 4.85. The Bertz CT molecular complexity index is 522. The lowest BCUT2D eigenvalue weighted by atomic mass is 9.99. The highest BCUT2D eigenvalue weighted by atomic mass is 79.9. The van der Waals surface area contributed by atoms with E-state index in [1.807, 2.05) is 19.2 Å². The van der Waals surface area contributed by atoms with Crippen LogP contribution in [0, 0.1) is 5.82 Å².